The fourth-order valence-electron chi connectivity index (χ4n) is 1.91. The lowest BCUT2D eigenvalue weighted by Crippen LogP contribution is -2.18. The predicted molar refractivity (Wildman–Crippen MR) is 72.4 cm³/mol. The van der Waals surface area contributed by atoms with Gasteiger partial charge in [0, 0.05) is 6.04 Å². The number of oxazole rings is 1. The second-order valence-corrected chi connectivity index (χ2v) is 4.77. The first-order valence-electron chi connectivity index (χ1n) is 6.29. The van der Waals surface area contributed by atoms with Crippen LogP contribution in [-0.4, -0.2) is 4.98 Å². The molecule has 0 aliphatic heterocycles. The molecule has 0 saturated heterocycles. The topological polar surface area (TPSA) is 38.1 Å². The Hall–Kier alpha value is -1.61. The van der Waals surface area contributed by atoms with Gasteiger partial charge in [0.1, 0.15) is 5.76 Å². The van der Waals surface area contributed by atoms with Gasteiger partial charge in [-0.2, -0.15) is 0 Å². The summed E-state index contributed by atoms with van der Waals surface area (Å²) in [5.74, 6) is 1.65. The smallest absolute Gasteiger partial charge is 0.208 e. The second kappa shape index (κ2) is 5.36. The van der Waals surface area contributed by atoms with Crippen LogP contribution in [0, 0.1) is 20.8 Å². The fourth-order valence-corrected chi connectivity index (χ4v) is 1.91. The Morgan fingerprint density at radius 1 is 1.28 bits per heavy atom. The van der Waals surface area contributed by atoms with Crippen LogP contribution in [0.2, 0.25) is 0 Å². The van der Waals surface area contributed by atoms with E-state index in [-0.39, 0.29) is 6.04 Å². The highest BCUT2D eigenvalue weighted by Crippen LogP contribution is 2.15. The van der Waals surface area contributed by atoms with Crippen LogP contribution in [0.3, 0.4) is 0 Å². The molecule has 3 nitrogen and oxygen atoms in total. The maximum absolute atomic E-state index is 5.55. The SMILES string of the molecule is Cc1cccc([C@@H](C)NCc2nc(C)c(C)o2)c1. The monoisotopic (exact) mass is 244 g/mol. The number of rotatable bonds is 4. The molecular weight excluding hydrogens is 224 g/mol. The van der Waals surface area contributed by atoms with Crippen molar-refractivity contribution in [2.45, 2.75) is 40.3 Å². The number of nitrogens with one attached hydrogen (secondary N) is 1. The molecule has 0 spiro atoms. The maximum Gasteiger partial charge on any atom is 0.208 e. The molecule has 1 N–H and O–H groups in total. The molecule has 0 saturated carbocycles. The van der Waals surface area contributed by atoms with E-state index >= 15 is 0 Å². The van der Waals surface area contributed by atoms with Gasteiger partial charge in [-0.05, 0) is 33.3 Å². The van der Waals surface area contributed by atoms with Crippen molar-refractivity contribution in [3.05, 3.63) is 52.7 Å². The molecule has 1 atom stereocenters. The Bertz CT molecular complexity index is 512. The molecule has 0 radical (unpaired) electrons. The van der Waals surface area contributed by atoms with E-state index in [1.54, 1.807) is 0 Å². The van der Waals surface area contributed by atoms with Crippen LogP contribution < -0.4 is 5.32 Å². The number of aryl methyl sites for hydroxylation is 3. The van der Waals surface area contributed by atoms with Gasteiger partial charge in [-0.1, -0.05) is 29.8 Å². The van der Waals surface area contributed by atoms with Crippen molar-refractivity contribution >= 4 is 0 Å². The Labute approximate surface area is 108 Å². The van der Waals surface area contributed by atoms with E-state index in [9.17, 15) is 0 Å². The first kappa shape index (κ1) is 12.8. The van der Waals surface area contributed by atoms with Crippen LogP contribution in [0.15, 0.2) is 28.7 Å². The number of aromatic nitrogens is 1. The number of benzene rings is 1. The molecular formula is C15H20N2O. The molecule has 3 heteroatoms. The summed E-state index contributed by atoms with van der Waals surface area (Å²) in [6.07, 6.45) is 0. The summed E-state index contributed by atoms with van der Waals surface area (Å²) in [6.45, 7) is 8.82. The van der Waals surface area contributed by atoms with Gasteiger partial charge in [-0.15, -0.1) is 0 Å². The van der Waals surface area contributed by atoms with E-state index in [1.165, 1.54) is 11.1 Å². The summed E-state index contributed by atoms with van der Waals surface area (Å²) in [7, 11) is 0. The van der Waals surface area contributed by atoms with E-state index < -0.39 is 0 Å². The first-order valence-corrected chi connectivity index (χ1v) is 6.29. The maximum atomic E-state index is 5.55. The average molecular weight is 244 g/mol. The van der Waals surface area contributed by atoms with E-state index in [0.717, 1.165) is 17.3 Å². The Morgan fingerprint density at radius 3 is 2.67 bits per heavy atom. The largest absolute Gasteiger partial charge is 0.444 e. The molecule has 0 aliphatic carbocycles. The van der Waals surface area contributed by atoms with Gasteiger partial charge in [0.2, 0.25) is 5.89 Å². The zero-order valence-electron chi connectivity index (χ0n) is 11.4. The van der Waals surface area contributed by atoms with Gasteiger partial charge in [-0.3, -0.25) is 0 Å². The standard InChI is InChI=1S/C15H20N2O/c1-10-6-5-7-14(8-10)12(3)16-9-15-17-11(2)13(4)18-15/h5-8,12,16H,9H2,1-4H3/t12-/m1/s1. The predicted octanol–water partition coefficient (Wildman–Crippen LogP) is 3.45. The Balaban J connectivity index is 1.98. The summed E-state index contributed by atoms with van der Waals surface area (Å²) >= 11 is 0. The molecule has 1 heterocycles. The molecule has 2 rings (SSSR count). The lowest BCUT2D eigenvalue weighted by Gasteiger charge is -2.13. The molecule has 0 fully saturated rings. The number of hydrogen-bond donors (Lipinski definition) is 1. The van der Waals surface area contributed by atoms with E-state index in [4.69, 9.17) is 4.42 Å². The summed E-state index contributed by atoms with van der Waals surface area (Å²) < 4.78 is 5.55. The average Bonchev–Trinajstić information content (AvgIpc) is 2.66. The highest BCUT2D eigenvalue weighted by atomic mass is 16.4. The zero-order valence-corrected chi connectivity index (χ0v) is 11.4. The van der Waals surface area contributed by atoms with Crippen LogP contribution >= 0.6 is 0 Å². The minimum Gasteiger partial charge on any atom is -0.444 e. The molecule has 0 aliphatic rings. The second-order valence-electron chi connectivity index (χ2n) is 4.77. The van der Waals surface area contributed by atoms with Gasteiger partial charge in [0.05, 0.1) is 12.2 Å². The van der Waals surface area contributed by atoms with E-state index in [0.29, 0.717) is 6.54 Å². The third kappa shape index (κ3) is 2.99. The number of hydrogen-bond acceptors (Lipinski definition) is 3. The Kier molecular flexibility index (Phi) is 3.82. The fraction of sp³-hybridized carbons (Fsp3) is 0.400. The minimum atomic E-state index is 0.289. The van der Waals surface area contributed by atoms with E-state index in [2.05, 4.69) is 48.4 Å². The van der Waals surface area contributed by atoms with Crippen LogP contribution in [0.4, 0.5) is 0 Å². The van der Waals surface area contributed by atoms with E-state index in [1.807, 2.05) is 13.8 Å². The van der Waals surface area contributed by atoms with Crippen molar-refractivity contribution in [2.75, 3.05) is 0 Å². The lowest BCUT2D eigenvalue weighted by atomic mass is 10.1. The van der Waals surface area contributed by atoms with Crippen LogP contribution in [0.5, 0.6) is 0 Å². The summed E-state index contributed by atoms with van der Waals surface area (Å²) in [5, 5.41) is 3.43. The van der Waals surface area contributed by atoms with Crippen molar-refractivity contribution in [3.63, 3.8) is 0 Å². The van der Waals surface area contributed by atoms with Crippen molar-refractivity contribution in [3.8, 4) is 0 Å². The van der Waals surface area contributed by atoms with Gasteiger partial charge >= 0.3 is 0 Å². The van der Waals surface area contributed by atoms with Crippen LogP contribution in [0.25, 0.3) is 0 Å². The van der Waals surface area contributed by atoms with Crippen LogP contribution in [-0.2, 0) is 6.54 Å². The van der Waals surface area contributed by atoms with Crippen molar-refractivity contribution < 1.29 is 4.42 Å². The van der Waals surface area contributed by atoms with Gasteiger partial charge in [0.25, 0.3) is 0 Å². The lowest BCUT2D eigenvalue weighted by molar-refractivity contribution is 0.432. The summed E-state index contributed by atoms with van der Waals surface area (Å²) in [5.41, 5.74) is 3.54. The third-order valence-corrected chi connectivity index (χ3v) is 3.17. The third-order valence-electron chi connectivity index (χ3n) is 3.17. The molecule has 0 unspecified atom stereocenters. The van der Waals surface area contributed by atoms with Crippen molar-refractivity contribution in [1.82, 2.24) is 10.3 Å². The molecule has 0 amide bonds. The highest BCUT2D eigenvalue weighted by Gasteiger charge is 2.08. The zero-order chi connectivity index (χ0) is 13.1. The first-order chi connectivity index (χ1) is 8.56. The minimum absolute atomic E-state index is 0.289. The van der Waals surface area contributed by atoms with Gasteiger partial charge < -0.3 is 9.73 Å². The molecule has 1 aromatic carbocycles. The summed E-state index contributed by atoms with van der Waals surface area (Å²) in [6, 6.07) is 8.82. The number of nitrogens with zero attached hydrogens (tertiary/aromatic N) is 1. The summed E-state index contributed by atoms with van der Waals surface area (Å²) in [4.78, 5) is 4.36. The van der Waals surface area contributed by atoms with Crippen LogP contribution in [0.1, 0.15) is 41.4 Å². The molecule has 2 aromatic rings. The Morgan fingerprint density at radius 2 is 2.06 bits per heavy atom. The molecule has 96 valence electrons. The molecule has 1 aromatic heterocycles. The van der Waals surface area contributed by atoms with Crippen molar-refractivity contribution in [1.29, 1.82) is 0 Å². The van der Waals surface area contributed by atoms with Gasteiger partial charge in [-0.25, -0.2) is 4.98 Å². The quantitative estimate of drug-likeness (QED) is 0.895. The normalized spacial score (nSPS) is 12.7. The molecule has 18 heavy (non-hydrogen) atoms. The highest BCUT2D eigenvalue weighted by molar-refractivity contribution is 5.24. The van der Waals surface area contributed by atoms with Crippen molar-refractivity contribution in [2.24, 2.45) is 0 Å². The molecule has 0 bridgehead atoms. The van der Waals surface area contributed by atoms with Gasteiger partial charge in [0.15, 0.2) is 0 Å².